The van der Waals surface area contributed by atoms with Gasteiger partial charge in [0.05, 0.1) is 0 Å². The standard InChI is InChI=1S/HN5O2/c1-2-5(3-6)4-7/h1H. The molecule has 7 heteroatoms. The summed E-state index contributed by atoms with van der Waals surface area (Å²) < 4.78 is 0. The molecule has 0 aromatic heterocycles. The van der Waals surface area contributed by atoms with Crippen LogP contribution in [0.4, 0.5) is 0 Å². The lowest BCUT2D eigenvalue weighted by Crippen LogP contribution is -1.93. The summed E-state index contributed by atoms with van der Waals surface area (Å²) in [6, 6.07) is 0. The second-order valence-corrected chi connectivity index (χ2v) is 0.532. The average molecular weight is 103 g/mol. The van der Waals surface area contributed by atoms with Crippen molar-refractivity contribution in [2.24, 2.45) is 15.8 Å². The zero-order valence-corrected chi connectivity index (χ0v) is 3.11. The van der Waals surface area contributed by atoms with Gasteiger partial charge < -0.3 is 0 Å². The molecule has 0 atom stereocenters. The van der Waals surface area contributed by atoms with E-state index in [0.29, 0.717) is 0 Å². The molecule has 0 aliphatic carbocycles. The second kappa shape index (κ2) is 2.82. The second-order valence-electron chi connectivity index (χ2n) is 0.532. The van der Waals surface area contributed by atoms with Crippen molar-refractivity contribution in [1.29, 1.82) is 5.53 Å². The summed E-state index contributed by atoms with van der Waals surface area (Å²) in [5.41, 5.74) is 5.92. The summed E-state index contributed by atoms with van der Waals surface area (Å²) in [6.45, 7) is 0. The van der Waals surface area contributed by atoms with Crippen LogP contribution in [0.3, 0.4) is 0 Å². The molecule has 0 heterocycles. The highest BCUT2D eigenvalue weighted by Crippen LogP contribution is 1.85. The van der Waals surface area contributed by atoms with Crippen molar-refractivity contribution in [1.82, 2.24) is 5.23 Å². The monoisotopic (exact) mass is 103 g/mol. The molecule has 0 aliphatic rings. The van der Waals surface area contributed by atoms with E-state index >= 15 is 0 Å². The summed E-state index contributed by atoms with van der Waals surface area (Å²) in [7, 11) is 0. The third kappa shape index (κ3) is 1.47. The van der Waals surface area contributed by atoms with Crippen LogP contribution < -0.4 is 0 Å². The highest BCUT2D eigenvalue weighted by molar-refractivity contribution is 4.20. The summed E-state index contributed by atoms with van der Waals surface area (Å²) >= 11 is 0. The largest absolute Gasteiger partial charge is 0.183 e. The molecule has 1 N–H and O–H groups in total. The van der Waals surface area contributed by atoms with Crippen LogP contribution in [0, 0.1) is 15.3 Å². The van der Waals surface area contributed by atoms with Gasteiger partial charge in [-0.25, -0.2) is 0 Å². The normalized spacial score (nSPS) is 6.86. The molecule has 0 unspecified atom stereocenters. The Hall–Kier alpha value is -1.40. The van der Waals surface area contributed by atoms with Crippen molar-refractivity contribution >= 4 is 0 Å². The van der Waals surface area contributed by atoms with E-state index < -0.39 is 0 Å². The minimum absolute atomic E-state index is 0.194. The molecule has 0 bridgehead atoms. The summed E-state index contributed by atoms with van der Waals surface area (Å²) in [4.78, 5) is 18.3. The number of nitroso groups, excluding NO2 is 2. The van der Waals surface area contributed by atoms with E-state index in [0.717, 1.165) is 0 Å². The van der Waals surface area contributed by atoms with Crippen LogP contribution in [-0.4, -0.2) is 5.23 Å². The Balaban J connectivity index is 3.57. The Kier molecular flexibility index (Phi) is 2.25. The fourth-order valence-electron chi connectivity index (χ4n) is 0.0514. The minimum atomic E-state index is -0.194. The van der Waals surface area contributed by atoms with Crippen LogP contribution in [0.15, 0.2) is 15.8 Å². The van der Waals surface area contributed by atoms with Crippen molar-refractivity contribution in [3.8, 4) is 0 Å². The highest BCUT2D eigenvalue weighted by atomic mass is 16.4. The quantitative estimate of drug-likeness (QED) is 0.321. The summed E-state index contributed by atoms with van der Waals surface area (Å²) in [5, 5.41) is 5.81. The maximum Gasteiger partial charge on any atom is 0.103 e. The van der Waals surface area contributed by atoms with Gasteiger partial charge in [-0.15, -0.1) is 9.81 Å². The lowest BCUT2D eigenvalue weighted by molar-refractivity contribution is 0.281. The molecule has 0 fully saturated rings. The molecule has 0 aromatic carbocycles. The van der Waals surface area contributed by atoms with Crippen molar-refractivity contribution in [3.63, 3.8) is 0 Å². The molecular formula is HN5O2. The third-order valence-corrected chi connectivity index (χ3v) is 0.236. The van der Waals surface area contributed by atoms with Crippen LogP contribution in [0.5, 0.6) is 0 Å². The van der Waals surface area contributed by atoms with Gasteiger partial charge in [0.25, 0.3) is 0 Å². The molecule has 0 aromatic rings. The molecule has 0 rings (SSSR count). The predicted octanol–water partition coefficient (Wildman–Crippen LogP) is 0.597. The maximum absolute atomic E-state index is 9.14. The average Bonchev–Trinajstić information content (AvgIpc) is 1.72. The van der Waals surface area contributed by atoms with Crippen molar-refractivity contribution in [2.75, 3.05) is 0 Å². The number of nitrogens with zero attached hydrogens (tertiary/aromatic N) is 4. The summed E-state index contributed by atoms with van der Waals surface area (Å²) in [6.07, 6.45) is 0. The van der Waals surface area contributed by atoms with Gasteiger partial charge in [-0.1, -0.05) is 0 Å². The highest BCUT2D eigenvalue weighted by Gasteiger charge is 1.91. The molecule has 38 valence electrons. The fraction of sp³-hybridized carbons (Fsp3) is 0. The Bertz CT molecular complexity index is 67.1. The predicted molar refractivity (Wildman–Crippen MR) is 18.6 cm³/mol. The molecule has 0 aliphatic heterocycles. The van der Waals surface area contributed by atoms with E-state index in [1.807, 2.05) is 10.6 Å². The number of hydrogen-bond acceptors (Lipinski definition) is 6. The topological polar surface area (TPSA) is 98.3 Å². The van der Waals surface area contributed by atoms with E-state index in [9.17, 15) is 0 Å². The molecule has 0 radical (unpaired) electrons. The van der Waals surface area contributed by atoms with Crippen molar-refractivity contribution in [2.45, 2.75) is 0 Å². The van der Waals surface area contributed by atoms with Gasteiger partial charge in [0.2, 0.25) is 0 Å². The van der Waals surface area contributed by atoms with Crippen molar-refractivity contribution < 1.29 is 0 Å². The molecule has 0 saturated carbocycles. The van der Waals surface area contributed by atoms with E-state index in [-0.39, 0.29) is 5.23 Å². The SMILES string of the molecule is N=NN(N=O)N=O. The zero-order valence-electron chi connectivity index (χ0n) is 3.11. The van der Waals surface area contributed by atoms with E-state index in [4.69, 9.17) is 15.3 Å². The van der Waals surface area contributed by atoms with Crippen molar-refractivity contribution in [3.05, 3.63) is 9.81 Å². The van der Waals surface area contributed by atoms with Gasteiger partial charge >= 0.3 is 0 Å². The maximum atomic E-state index is 9.14. The lowest BCUT2D eigenvalue weighted by Gasteiger charge is -1.84. The molecule has 7 nitrogen and oxygen atoms in total. The summed E-state index contributed by atoms with van der Waals surface area (Å²) in [5.74, 6) is 0. The van der Waals surface area contributed by atoms with Gasteiger partial charge in [-0.3, -0.25) is 0 Å². The molecule has 0 amide bonds. The van der Waals surface area contributed by atoms with Gasteiger partial charge in [0.15, 0.2) is 0 Å². The Morgan fingerprint density at radius 1 is 1.29 bits per heavy atom. The van der Waals surface area contributed by atoms with Crippen LogP contribution in [0.2, 0.25) is 0 Å². The third-order valence-electron chi connectivity index (χ3n) is 0.236. The Labute approximate surface area is 37.7 Å². The fourth-order valence-corrected chi connectivity index (χ4v) is 0.0514. The van der Waals surface area contributed by atoms with Gasteiger partial charge in [-0.05, 0) is 5.22 Å². The first-order chi connectivity index (χ1) is 3.35. The molecule has 0 spiro atoms. The van der Waals surface area contributed by atoms with E-state index in [1.165, 1.54) is 0 Å². The van der Waals surface area contributed by atoms with Gasteiger partial charge in [-0.2, -0.15) is 5.53 Å². The number of hydrogen-bond donors (Lipinski definition) is 1. The van der Waals surface area contributed by atoms with Gasteiger partial charge in [0, 0.05) is 5.23 Å². The van der Waals surface area contributed by atoms with Gasteiger partial charge in [0.1, 0.15) is 10.6 Å². The van der Waals surface area contributed by atoms with Crippen LogP contribution in [0.25, 0.3) is 0 Å². The molecular weight excluding hydrogens is 102 g/mol. The van der Waals surface area contributed by atoms with E-state index in [2.05, 4.69) is 5.22 Å². The minimum Gasteiger partial charge on any atom is -0.183 e. The molecule has 0 saturated heterocycles. The molecule has 7 heavy (non-hydrogen) atoms. The smallest absolute Gasteiger partial charge is 0.103 e. The van der Waals surface area contributed by atoms with Crippen LogP contribution in [-0.2, 0) is 0 Å². The first-order valence-electron chi connectivity index (χ1n) is 1.19. The Morgan fingerprint density at radius 2 is 1.71 bits per heavy atom. The first kappa shape index (κ1) is 5.60. The Morgan fingerprint density at radius 3 is 1.71 bits per heavy atom. The number of rotatable bonds is 3. The van der Waals surface area contributed by atoms with Crippen LogP contribution in [0.1, 0.15) is 0 Å². The van der Waals surface area contributed by atoms with Crippen LogP contribution >= 0.6 is 0 Å². The number of nitrogens with one attached hydrogen (secondary N) is 1. The first-order valence-corrected chi connectivity index (χ1v) is 1.19. The zero-order chi connectivity index (χ0) is 5.70. The van der Waals surface area contributed by atoms with E-state index in [1.54, 1.807) is 0 Å². The lowest BCUT2D eigenvalue weighted by atomic mass is 12.2.